The van der Waals surface area contributed by atoms with E-state index in [-0.39, 0.29) is 5.41 Å². The van der Waals surface area contributed by atoms with E-state index in [1.165, 1.54) is 5.56 Å². The molecule has 0 amide bonds. The van der Waals surface area contributed by atoms with Crippen molar-refractivity contribution in [1.29, 1.82) is 5.26 Å². The molecule has 0 spiro atoms. The molecule has 0 bridgehead atoms. The van der Waals surface area contributed by atoms with Crippen LogP contribution in [-0.2, 0) is 6.54 Å². The monoisotopic (exact) mass is 312 g/mol. The lowest BCUT2D eigenvalue weighted by atomic mass is 9.78. The summed E-state index contributed by atoms with van der Waals surface area (Å²) in [6, 6.07) is 10.5. The number of likely N-dealkylation sites (tertiary alicyclic amines) is 1. The minimum Gasteiger partial charge on any atom is -0.299 e. The quantitative estimate of drug-likeness (QED) is 0.714. The van der Waals surface area contributed by atoms with E-state index in [1.54, 1.807) is 0 Å². The van der Waals surface area contributed by atoms with Gasteiger partial charge in [0.1, 0.15) is 0 Å². The van der Waals surface area contributed by atoms with Gasteiger partial charge in [-0.3, -0.25) is 4.90 Å². The molecule has 0 N–H and O–H groups in total. The van der Waals surface area contributed by atoms with E-state index in [4.69, 9.17) is 11.7 Å². The molecule has 1 fully saturated rings. The summed E-state index contributed by atoms with van der Waals surface area (Å²) in [7, 11) is 0. The first kappa shape index (κ1) is 21.2. The van der Waals surface area contributed by atoms with Crippen LogP contribution >= 0.6 is 0 Å². The zero-order valence-corrected chi connectivity index (χ0v) is 15.5. The maximum Gasteiger partial charge on any atom is 0.0627 e. The number of nitrogens with zero attached hydrogens (tertiary/aromatic N) is 2. The van der Waals surface area contributed by atoms with Crippen molar-refractivity contribution in [3.8, 4) is 18.4 Å². The Morgan fingerprint density at radius 2 is 1.61 bits per heavy atom. The van der Waals surface area contributed by atoms with Crippen LogP contribution in [0.15, 0.2) is 24.3 Å². The molecule has 2 heteroatoms. The summed E-state index contributed by atoms with van der Waals surface area (Å²) in [6.07, 6.45) is 8.26. The van der Waals surface area contributed by atoms with Gasteiger partial charge in [-0.2, -0.15) is 5.26 Å². The van der Waals surface area contributed by atoms with Crippen molar-refractivity contribution in [1.82, 2.24) is 4.90 Å². The molecule has 2 rings (SSSR count). The molecule has 0 atom stereocenters. The number of benzene rings is 1. The Kier molecular flexibility index (Phi) is 10.8. The van der Waals surface area contributed by atoms with Gasteiger partial charge in [0.25, 0.3) is 0 Å². The Balaban J connectivity index is 0.00000112. The summed E-state index contributed by atoms with van der Waals surface area (Å²) in [5, 5.41) is 8.85. The van der Waals surface area contributed by atoms with Gasteiger partial charge in [-0.15, -0.1) is 6.42 Å². The van der Waals surface area contributed by atoms with Crippen LogP contribution in [0.1, 0.15) is 65.0 Å². The second-order valence-electron chi connectivity index (χ2n) is 5.76. The van der Waals surface area contributed by atoms with E-state index in [2.05, 4.69) is 35.9 Å². The Hall–Kier alpha value is -1.77. The van der Waals surface area contributed by atoms with E-state index >= 15 is 0 Å². The Labute approximate surface area is 143 Å². The number of nitriles is 1. The van der Waals surface area contributed by atoms with E-state index in [9.17, 15) is 0 Å². The molecule has 1 aliphatic rings. The van der Waals surface area contributed by atoms with Crippen LogP contribution in [0.2, 0.25) is 0 Å². The highest BCUT2D eigenvalue weighted by atomic mass is 15.1. The highest BCUT2D eigenvalue weighted by Gasteiger charge is 2.29. The van der Waals surface area contributed by atoms with Crippen molar-refractivity contribution in [3.63, 3.8) is 0 Å². The van der Waals surface area contributed by atoms with Crippen LogP contribution in [-0.4, -0.2) is 18.0 Å². The van der Waals surface area contributed by atoms with Crippen molar-refractivity contribution in [3.05, 3.63) is 35.4 Å². The van der Waals surface area contributed by atoms with Crippen molar-refractivity contribution in [2.75, 3.05) is 13.1 Å². The zero-order chi connectivity index (χ0) is 17.7. The molecule has 0 saturated carbocycles. The minimum atomic E-state index is 0.221. The molecule has 1 aromatic carbocycles. The van der Waals surface area contributed by atoms with Crippen molar-refractivity contribution >= 4 is 0 Å². The third-order valence-corrected chi connectivity index (χ3v) is 4.10. The lowest BCUT2D eigenvalue weighted by molar-refractivity contribution is 0.116. The largest absolute Gasteiger partial charge is 0.299 e. The normalized spacial score (nSPS) is 15.8. The lowest BCUT2D eigenvalue weighted by Gasteiger charge is -2.38. The molecule has 0 aromatic heterocycles. The Morgan fingerprint density at radius 1 is 1.09 bits per heavy atom. The molecule has 1 heterocycles. The molecule has 2 nitrogen and oxygen atoms in total. The second-order valence-corrected chi connectivity index (χ2v) is 5.76. The summed E-state index contributed by atoms with van der Waals surface area (Å²) < 4.78 is 0. The number of hydrogen-bond donors (Lipinski definition) is 0. The Morgan fingerprint density at radius 3 is 2.04 bits per heavy atom. The third-order valence-electron chi connectivity index (χ3n) is 4.10. The minimum absolute atomic E-state index is 0.221. The molecule has 1 aliphatic heterocycles. The number of piperidine rings is 1. The fourth-order valence-electron chi connectivity index (χ4n) is 2.58. The summed E-state index contributed by atoms with van der Waals surface area (Å²) in [5.41, 5.74) is 2.46. The molecule has 0 unspecified atom stereocenters. The second kappa shape index (κ2) is 11.8. The molecule has 23 heavy (non-hydrogen) atoms. The van der Waals surface area contributed by atoms with Gasteiger partial charge in [-0.05, 0) is 49.0 Å². The smallest absolute Gasteiger partial charge is 0.0627 e. The van der Waals surface area contributed by atoms with Gasteiger partial charge in [-0.25, -0.2) is 0 Å². The summed E-state index contributed by atoms with van der Waals surface area (Å²) in [6.45, 7) is 13.4. The SMILES string of the molecule is C#Cc1ccc(CN2CCC(C)(CC#N)CC2)cc1.CC.CC. The fourth-order valence-corrected chi connectivity index (χ4v) is 2.58. The van der Waals surface area contributed by atoms with Crippen molar-refractivity contribution in [2.45, 2.75) is 60.4 Å². The summed E-state index contributed by atoms with van der Waals surface area (Å²) in [5.74, 6) is 2.64. The average Bonchev–Trinajstić information content (AvgIpc) is 2.61. The molecule has 0 radical (unpaired) electrons. The maximum atomic E-state index is 8.85. The van der Waals surface area contributed by atoms with Crippen LogP contribution in [0.3, 0.4) is 0 Å². The lowest BCUT2D eigenvalue weighted by Crippen LogP contribution is -2.38. The highest BCUT2D eigenvalue weighted by Crippen LogP contribution is 2.34. The molecule has 126 valence electrons. The van der Waals surface area contributed by atoms with Crippen LogP contribution in [0.5, 0.6) is 0 Å². The number of hydrogen-bond acceptors (Lipinski definition) is 2. The molecule has 1 aromatic rings. The van der Waals surface area contributed by atoms with E-state index < -0.39 is 0 Å². The zero-order valence-electron chi connectivity index (χ0n) is 15.5. The van der Waals surface area contributed by atoms with E-state index in [0.717, 1.165) is 38.0 Å². The van der Waals surface area contributed by atoms with Crippen LogP contribution < -0.4 is 0 Å². The summed E-state index contributed by atoms with van der Waals surface area (Å²) in [4.78, 5) is 2.46. The van der Waals surface area contributed by atoms with Gasteiger partial charge in [-0.1, -0.05) is 52.7 Å². The van der Waals surface area contributed by atoms with Crippen molar-refractivity contribution in [2.24, 2.45) is 5.41 Å². The van der Waals surface area contributed by atoms with Gasteiger partial charge in [0.05, 0.1) is 6.07 Å². The van der Waals surface area contributed by atoms with Gasteiger partial charge in [0, 0.05) is 18.5 Å². The highest BCUT2D eigenvalue weighted by molar-refractivity contribution is 5.34. The van der Waals surface area contributed by atoms with Gasteiger partial charge < -0.3 is 0 Å². The molecule has 1 saturated heterocycles. The fraction of sp³-hybridized carbons (Fsp3) is 0.571. The van der Waals surface area contributed by atoms with Crippen molar-refractivity contribution < 1.29 is 0 Å². The predicted octanol–water partition coefficient (Wildman–Crippen LogP) is 5.24. The van der Waals surface area contributed by atoms with Crippen LogP contribution in [0.4, 0.5) is 0 Å². The van der Waals surface area contributed by atoms with Gasteiger partial charge >= 0.3 is 0 Å². The predicted molar refractivity (Wildman–Crippen MR) is 99.9 cm³/mol. The molecule has 0 aliphatic carbocycles. The average molecular weight is 313 g/mol. The maximum absolute atomic E-state index is 8.85. The van der Waals surface area contributed by atoms with Gasteiger partial charge in [0.2, 0.25) is 0 Å². The molecular weight excluding hydrogens is 280 g/mol. The number of rotatable bonds is 3. The van der Waals surface area contributed by atoms with Crippen LogP contribution in [0, 0.1) is 29.1 Å². The van der Waals surface area contributed by atoms with Gasteiger partial charge in [0.15, 0.2) is 0 Å². The van der Waals surface area contributed by atoms with Crippen LogP contribution in [0.25, 0.3) is 0 Å². The first-order valence-electron chi connectivity index (χ1n) is 8.80. The topological polar surface area (TPSA) is 27.0 Å². The Bertz CT molecular complexity index is 494. The van der Waals surface area contributed by atoms with E-state index in [1.807, 2.05) is 39.8 Å². The first-order chi connectivity index (χ1) is 11.1. The van der Waals surface area contributed by atoms with E-state index in [0.29, 0.717) is 6.42 Å². The standard InChI is InChI=1S/C17H20N2.2C2H6/c1-3-15-4-6-16(7-5-15)14-19-12-9-17(2,8-11-18)10-13-19;2*1-2/h1,4-7H,8-10,12-14H2,2H3;2*1-2H3. The molecular formula is C21H32N2. The number of terminal acetylenes is 1. The summed E-state index contributed by atoms with van der Waals surface area (Å²) >= 11 is 0. The first-order valence-corrected chi connectivity index (χ1v) is 8.80. The third kappa shape index (κ3) is 7.36.